The number of unbranched alkanes of at least 4 members (excludes halogenated alkanes) is 3. The molecule has 0 fully saturated rings. The lowest BCUT2D eigenvalue weighted by Crippen LogP contribution is -2.03. The minimum absolute atomic E-state index is 0.107. The molecule has 0 saturated carbocycles. The summed E-state index contributed by atoms with van der Waals surface area (Å²) in [7, 11) is 0. The van der Waals surface area contributed by atoms with Crippen molar-refractivity contribution >= 4 is 22.6 Å². The van der Waals surface area contributed by atoms with Gasteiger partial charge in [-0.15, -0.1) is 0 Å². The standard InChI is InChI=1S/C25H29N3O2/c1-3-30-25(29)11-6-4-5-7-14-28-17-22(20-9-8-10-23(27)18(20)2)21-15-19(16-26)12-13-24(21)28/h8-10,12-13,15,17H,3-7,11,14,27H2,1-2H3. The molecule has 0 aliphatic carbocycles. The van der Waals surface area contributed by atoms with E-state index >= 15 is 0 Å². The van der Waals surface area contributed by atoms with E-state index < -0.39 is 0 Å². The second-order valence-electron chi connectivity index (χ2n) is 7.57. The van der Waals surface area contributed by atoms with Gasteiger partial charge >= 0.3 is 5.97 Å². The Morgan fingerprint density at radius 1 is 1.13 bits per heavy atom. The van der Waals surface area contributed by atoms with Gasteiger partial charge in [0.2, 0.25) is 0 Å². The Morgan fingerprint density at radius 2 is 1.93 bits per heavy atom. The van der Waals surface area contributed by atoms with Gasteiger partial charge in [0.15, 0.2) is 0 Å². The molecule has 2 aromatic carbocycles. The van der Waals surface area contributed by atoms with E-state index in [9.17, 15) is 10.1 Å². The number of anilines is 1. The molecule has 0 aliphatic rings. The number of nitrogens with two attached hydrogens (primary N) is 1. The third-order valence-electron chi connectivity index (χ3n) is 5.51. The van der Waals surface area contributed by atoms with Crippen LogP contribution in [0.4, 0.5) is 5.69 Å². The average Bonchev–Trinajstić information content (AvgIpc) is 3.10. The largest absolute Gasteiger partial charge is 0.466 e. The Bertz CT molecular complexity index is 1080. The SMILES string of the molecule is CCOC(=O)CCCCCCn1cc(-c2cccc(N)c2C)c2cc(C#N)ccc21. The van der Waals surface area contributed by atoms with E-state index in [0.717, 1.165) is 65.5 Å². The number of aromatic nitrogens is 1. The van der Waals surface area contributed by atoms with E-state index in [-0.39, 0.29) is 5.97 Å². The van der Waals surface area contributed by atoms with Crippen LogP contribution < -0.4 is 5.73 Å². The van der Waals surface area contributed by atoms with E-state index in [2.05, 4.69) is 22.9 Å². The van der Waals surface area contributed by atoms with Gasteiger partial charge in [0, 0.05) is 41.3 Å². The smallest absolute Gasteiger partial charge is 0.305 e. The average molecular weight is 404 g/mol. The number of nitrogens with zero attached hydrogens (tertiary/aromatic N) is 2. The molecular weight excluding hydrogens is 374 g/mol. The third kappa shape index (κ3) is 4.83. The number of nitrogen functional groups attached to an aromatic ring is 1. The quantitative estimate of drug-likeness (QED) is 0.287. The molecule has 30 heavy (non-hydrogen) atoms. The normalized spacial score (nSPS) is 10.8. The maximum atomic E-state index is 11.4. The second-order valence-corrected chi connectivity index (χ2v) is 7.57. The zero-order chi connectivity index (χ0) is 21.5. The molecule has 3 aromatic rings. The van der Waals surface area contributed by atoms with Gasteiger partial charge in [-0.3, -0.25) is 4.79 Å². The van der Waals surface area contributed by atoms with Gasteiger partial charge in [-0.1, -0.05) is 25.0 Å². The molecule has 0 bridgehead atoms. The van der Waals surface area contributed by atoms with Crippen LogP contribution in [0.3, 0.4) is 0 Å². The summed E-state index contributed by atoms with van der Waals surface area (Å²) in [4.78, 5) is 11.4. The molecule has 0 unspecified atom stereocenters. The Kier molecular flexibility index (Phi) is 7.13. The van der Waals surface area contributed by atoms with Gasteiger partial charge in [0.25, 0.3) is 0 Å². The summed E-state index contributed by atoms with van der Waals surface area (Å²) in [6.07, 6.45) is 6.63. The fourth-order valence-electron chi connectivity index (χ4n) is 3.85. The zero-order valence-electron chi connectivity index (χ0n) is 17.8. The Balaban J connectivity index is 1.77. The molecule has 5 heteroatoms. The van der Waals surface area contributed by atoms with Gasteiger partial charge < -0.3 is 15.0 Å². The van der Waals surface area contributed by atoms with E-state index in [4.69, 9.17) is 10.5 Å². The van der Waals surface area contributed by atoms with Crippen molar-refractivity contribution in [2.24, 2.45) is 0 Å². The highest BCUT2D eigenvalue weighted by molar-refractivity contribution is 5.98. The number of rotatable bonds is 9. The zero-order valence-corrected chi connectivity index (χ0v) is 17.8. The number of nitriles is 1. The van der Waals surface area contributed by atoms with Crippen molar-refractivity contribution in [2.45, 2.75) is 52.5 Å². The van der Waals surface area contributed by atoms with Crippen LogP contribution in [0.2, 0.25) is 0 Å². The van der Waals surface area contributed by atoms with Crippen LogP contribution in [0.15, 0.2) is 42.6 Å². The fourth-order valence-corrected chi connectivity index (χ4v) is 3.85. The van der Waals surface area contributed by atoms with Gasteiger partial charge in [-0.05, 0) is 62.1 Å². The summed E-state index contributed by atoms with van der Waals surface area (Å²) in [5.74, 6) is -0.107. The molecule has 156 valence electrons. The first-order chi connectivity index (χ1) is 14.5. The van der Waals surface area contributed by atoms with E-state index in [1.807, 2.05) is 44.2 Å². The topological polar surface area (TPSA) is 81.0 Å². The molecule has 5 nitrogen and oxygen atoms in total. The van der Waals surface area contributed by atoms with Crippen LogP contribution in [0, 0.1) is 18.3 Å². The van der Waals surface area contributed by atoms with E-state index in [0.29, 0.717) is 18.6 Å². The van der Waals surface area contributed by atoms with Crippen molar-refractivity contribution in [3.05, 3.63) is 53.7 Å². The van der Waals surface area contributed by atoms with Crippen LogP contribution in [0.25, 0.3) is 22.0 Å². The minimum Gasteiger partial charge on any atom is -0.466 e. The highest BCUT2D eigenvalue weighted by atomic mass is 16.5. The van der Waals surface area contributed by atoms with Crippen molar-refractivity contribution in [1.82, 2.24) is 4.57 Å². The third-order valence-corrected chi connectivity index (χ3v) is 5.51. The highest BCUT2D eigenvalue weighted by Crippen LogP contribution is 2.35. The van der Waals surface area contributed by atoms with Crippen LogP contribution in [0.1, 0.15) is 50.2 Å². The molecular formula is C25H29N3O2. The summed E-state index contributed by atoms with van der Waals surface area (Å²) in [5.41, 5.74) is 11.9. The van der Waals surface area contributed by atoms with Gasteiger partial charge in [0.1, 0.15) is 0 Å². The first-order valence-electron chi connectivity index (χ1n) is 10.6. The number of benzene rings is 2. The molecule has 2 N–H and O–H groups in total. The molecule has 0 amide bonds. The number of carbonyl (C=O) groups is 1. The molecule has 0 spiro atoms. The van der Waals surface area contributed by atoms with Crippen LogP contribution in [-0.4, -0.2) is 17.1 Å². The lowest BCUT2D eigenvalue weighted by Gasteiger charge is -2.07. The summed E-state index contributed by atoms with van der Waals surface area (Å²) < 4.78 is 7.24. The lowest BCUT2D eigenvalue weighted by molar-refractivity contribution is -0.143. The summed E-state index contributed by atoms with van der Waals surface area (Å²) in [6, 6.07) is 14.1. The molecule has 3 rings (SSSR count). The fraction of sp³-hybridized carbons (Fsp3) is 0.360. The first-order valence-corrected chi connectivity index (χ1v) is 10.6. The van der Waals surface area contributed by atoms with Crippen molar-refractivity contribution in [1.29, 1.82) is 5.26 Å². The maximum Gasteiger partial charge on any atom is 0.305 e. The van der Waals surface area contributed by atoms with Crippen molar-refractivity contribution in [3.8, 4) is 17.2 Å². The van der Waals surface area contributed by atoms with Crippen LogP contribution >= 0.6 is 0 Å². The Hall–Kier alpha value is -3.26. The van der Waals surface area contributed by atoms with Crippen LogP contribution in [-0.2, 0) is 16.1 Å². The van der Waals surface area contributed by atoms with E-state index in [1.165, 1.54) is 0 Å². The molecule has 0 aliphatic heterocycles. The van der Waals surface area contributed by atoms with E-state index in [1.54, 1.807) is 0 Å². The van der Waals surface area contributed by atoms with Gasteiger partial charge in [-0.25, -0.2) is 0 Å². The number of fused-ring (bicyclic) bond motifs is 1. The number of aryl methyl sites for hydroxylation is 1. The highest BCUT2D eigenvalue weighted by Gasteiger charge is 2.14. The molecule has 1 aromatic heterocycles. The molecule has 0 saturated heterocycles. The number of hydrogen-bond acceptors (Lipinski definition) is 4. The molecule has 0 atom stereocenters. The van der Waals surface area contributed by atoms with Crippen molar-refractivity contribution < 1.29 is 9.53 Å². The van der Waals surface area contributed by atoms with Gasteiger partial charge in [0.05, 0.1) is 18.2 Å². The predicted octanol–water partition coefficient (Wildman–Crippen LogP) is 5.58. The lowest BCUT2D eigenvalue weighted by atomic mass is 9.98. The summed E-state index contributed by atoms with van der Waals surface area (Å²) in [5, 5.41) is 10.4. The van der Waals surface area contributed by atoms with Crippen LogP contribution in [0.5, 0.6) is 0 Å². The molecule has 0 radical (unpaired) electrons. The molecule has 1 heterocycles. The monoisotopic (exact) mass is 403 g/mol. The number of hydrogen-bond donors (Lipinski definition) is 1. The predicted molar refractivity (Wildman–Crippen MR) is 121 cm³/mol. The number of ether oxygens (including phenoxy) is 1. The van der Waals surface area contributed by atoms with Gasteiger partial charge in [-0.2, -0.15) is 5.26 Å². The first kappa shape index (κ1) is 21.4. The number of esters is 1. The summed E-state index contributed by atoms with van der Waals surface area (Å²) >= 11 is 0. The maximum absolute atomic E-state index is 11.4. The number of carbonyl (C=O) groups excluding carboxylic acids is 1. The van der Waals surface area contributed by atoms with Crippen molar-refractivity contribution in [2.75, 3.05) is 12.3 Å². The summed E-state index contributed by atoms with van der Waals surface area (Å²) in [6.45, 7) is 5.20. The second kappa shape index (κ2) is 9.98. The minimum atomic E-state index is -0.107. The van der Waals surface area contributed by atoms with Crippen molar-refractivity contribution in [3.63, 3.8) is 0 Å². The Labute approximate surface area is 178 Å². The Morgan fingerprint density at radius 3 is 2.70 bits per heavy atom.